The Kier molecular flexibility index (Phi) is 2.10. The second kappa shape index (κ2) is 3.26. The van der Waals surface area contributed by atoms with Gasteiger partial charge in [-0.15, -0.1) is 0 Å². The maximum Gasteiger partial charge on any atom is 0.323 e. The molecule has 13 heavy (non-hydrogen) atoms. The summed E-state index contributed by atoms with van der Waals surface area (Å²) in [7, 11) is 1.41. The summed E-state index contributed by atoms with van der Waals surface area (Å²) in [5.41, 5.74) is 2.30. The van der Waals surface area contributed by atoms with Crippen molar-refractivity contribution in [1.29, 1.82) is 0 Å². The van der Waals surface area contributed by atoms with E-state index in [4.69, 9.17) is 0 Å². The Hall–Kier alpha value is -1.23. The van der Waals surface area contributed by atoms with Crippen molar-refractivity contribution in [2.45, 2.75) is 12.5 Å². The quantitative estimate of drug-likeness (QED) is 0.450. The molecule has 2 rings (SSSR count). The average molecular weight is 183 g/mol. The largest absolute Gasteiger partial charge is 0.468 e. The van der Waals surface area contributed by atoms with E-state index in [0.717, 1.165) is 12.4 Å². The van der Waals surface area contributed by atoms with Crippen molar-refractivity contribution in [1.82, 2.24) is 16.0 Å². The van der Waals surface area contributed by atoms with Crippen molar-refractivity contribution in [3.05, 3.63) is 11.4 Å². The summed E-state index contributed by atoms with van der Waals surface area (Å²) in [5, 5.41) is 9.48. The normalized spacial score (nSPS) is 26.1. The van der Waals surface area contributed by atoms with Crippen molar-refractivity contribution in [2.75, 3.05) is 20.3 Å². The van der Waals surface area contributed by atoms with Gasteiger partial charge in [0, 0.05) is 24.4 Å². The van der Waals surface area contributed by atoms with E-state index in [-0.39, 0.29) is 12.0 Å². The smallest absolute Gasteiger partial charge is 0.323 e. The molecule has 5 heteroatoms. The van der Waals surface area contributed by atoms with Gasteiger partial charge >= 0.3 is 5.97 Å². The number of nitrogens with one attached hydrogen (secondary N) is 3. The molecule has 0 bridgehead atoms. The van der Waals surface area contributed by atoms with Crippen LogP contribution in [0.5, 0.6) is 0 Å². The van der Waals surface area contributed by atoms with Crippen LogP contribution in [-0.2, 0) is 9.53 Å². The fourth-order valence-corrected chi connectivity index (χ4v) is 1.65. The van der Waals surface area contributed by atoms with Gasteiger partial charge in [-0.25, -0.2) is 0 Å². The predicted octanol–water partition coefficient (Wildman–Crippen LogP) is -1.12. The van der Waals surface area contributed by atoms with Gasteiger partial charge in [0.1, 0.15) is 6.04 Å². The fraction of sp³-hybridized carbons (Fsp3) is 0.625. The number of methoxy groups -OCH3 is 1. The van der Waals surface area contributed by atoms with E-state index in [1.807, 2.05) is 0 Å². The van der Waals surface area contributed by atoms with Crippen LogP contribution in [0.2, 0.25) is 0 Å². The van der Waals surface area contributed by atoms with E-state index >= 15 is 0 Å². The lowest BCUT2D eigenvalue weighted by Crippen LogP contribution is -2.43. The summed E-state index contributed by atoms with van der Waals surface area (Å²) in [6.45, 7) is 1.47. The highest BCUT2D eigenvalue weighted by molar-refractivity contribution is 5.76. The second-order valence-electron chi connectivity index (χ2n) is 3.15. The monoisotopic (exact) mass is 183 g/mol. The zero-order chi connectivity index (χ0) is 9.26. The Morgan fingerprint density at radius 2 is 2.23 bits per heavy atom. The van der Waals surface area contributed by atoms with Gasteiger partial charge in [0.2, 0.25) is 0 Å². The fourth-order valence-electron chi connectivity index (χ4n) is 1.65. The number of esters is 1. The van der Waals surface area contributed by atoms with Crippen LogP contribution in [0.15, 0.2) is 11.4 Å². The molecule has 0 spiro atoms. The molecule has 0 aromatic heterocycles. The molecule has 0 saturated carbocycles. The van der Waals surface area contributed by atoms with Gasteiger partial charge in [0.15, 0.2) is 0 Å². The van der Waals surface area contributed by atoms with E-state index in [2.05, 4.69) is 20.7 Å². The van der Waals surface area contributed by atoms with Crippen LogP contribution in [-0.4, -0.2) is 32.3 Å². The van der Waals surface area contributed by atoms with Gasteiger partial charge in [0.25, 0.3) is 0 Å². The molecule has 5 nitrogen and oxygen atoms in total. The van der Waals surface area contributed by atoms with Crippen LogP contribution >= 0.6 is 0 Å². The lowest BCUT2D eigenvalue weighted by Gasteiger charge is -2.22. The van der Waals surface area contributed by atoms with E-state index in [1.54, 1.807) is 0 Å². The zero-order valence-corrected chi connectivity index (χ0v) is 7.52. The van der Waals surface area contributed by atoms with E-state index in [1.165, 1.54) is 12.8 Å². The van der Waals surface area contributed by atoms with Gasteiger partial charge < -0.3 is 15.4 Å². The molecular formula is C8H13N3O2. The third-order valence-corrected chi connectivity index (χ3v) is 2.39. The Morgan fingerprint density at radius 3 is 3.00 bits per heavy atom. The number of hydrogen-bond donors (Lipinski definition) is 3. The van der Waals surface area contributed by atoms with Crippen molar-refractivity contribution in [2.24, 2.45) is 0 Å². The lowest BCUT2D eigenvalue weighted by molar-refractivity contribution is -0.143. The first-order valence-corrected chi connectivity index (χ1v) is 4.32. The first kappa shape index (κ1) is 8.37. The molecule has 2 aliphatic heterocycles. The molecule has 0 unspecified atom stereocenters. The molecule has 0 aliphatic carbocycles. The van der Waals surface area contributed by atoms with Crippen molar-refractivity contribution >= 4 is 5.97 Å². The Bertz CT molecular complexity index is 262. The molecular weight excluding hydrogens is 170 g/mol. The molecule has 2 heterocycles. The van der Waals surface area contributed by atoms with Crippen LogP contribution < -0.4 is 16.0 Å². The molecule has 0 saturated heterocycles. The Morgan fingerprint density at radius 1 is 1.46 bits per heavy atom. The zero-order valence-electron chi connectivity index (χ0n) is 7.52. The lowest BCUT2D eigenvalue weighted by atomic mass is 10.1. The highest BCUT2D eigenvalue weighted by atomic mass is 16.5. The van der Waals surface area contributed by atoms with Gasteiger partial charge in [-0.1, -0.05) is 0 Å². The Labute approximate surface area is 76.5 Å². The molecule has 3 N–H and O–H groups in total. The maximum atomic E-state index is 11.2. The van der Waals surface area contributed by atoms with Crippen LogP contribution in [0.25, 0.3) is 0 Å². The molecule has 0 aromatic carbocycles. The minimum atomic E-state index is -0.198. The summed E-state index contributed by atoms with van der Waals surface area (Å²) in [6, 6.07) is -0.198. The van der Waals surface area contributed by atoms with Gasteiger partial charge in [-0.2, -0.15) is 0 Å². The van der Waals surface area contributed by atoms with Gasteiger partial charge in [-0.05, 0) is 0 Å². The number of hydrogen-bond acceptors (Lipinski definition) is 5. The summed E-state index contributed by atoms with van der Waals surface area (Å²) >= 11 is 0. The van der Waals surface area contributed by atoms with Crippen LogP contribution in [0, 0.1) is 0 Å². The molecule has 2 aliphatic rings. The van der Waals surface area contributed by atoms with Crippen LogP contribution in [0.3, 0.4) is 0 Å². The van der Waals surface area contributed by atoms with Crippen molar-refractivity contribution in [3.8, 4) is 0 Å². The molecule has 1 atom stereocenters. The average Bonchev–Trinajstić information content (AvgIpc) is 2.63. The number of ether oxygens (including phenoxy) is 1. The van der Waals surface area contributed by atoms with Gasteiger partial charge in [0.05, 0.1) is 13.8 Å². The molecule has 0 amide bonds. The summed E-state index contributed by atoms with van der Waals surface area (Å²) in [6.07, 6.45) is 0.689. The SMILES string of the molecule is COC(=O)[C@H]1CC2=C(CN1)NCN2. The Balaban J connectivity index is 2.03. The third kappa shape index (κ3) is 1.47. The highest BCUT2D eigenvalue weighted by Crippen LogP contribution is 2.15. The number of rotatable bonds is 1. The first-order chi connectivity index (χ1) is 6.31. The minimum absolute atomic E-state index is 0.194. The summed E-state index contributed by atoms with van der Waals surface area (Å²) in [4.78, 5) is 11.2. The number of carbonyl (C=O) groups excluding carboxylic acids is 1. The molecule has 0 aromatic rings. The van der Waals surface area contributed by atoms with Crippen molar-refractivity contribution in [3.63, 3.8) is 0 Å². The minimum Gasteiger partial charge on any atom is -0.468 e. The van der Waals surface area contributed by atoms with E-state index in [0.29, 0.717) is 13.0 Å². The van der Waals surface area contributed by atoms with E-state index < -0.39 is 0 Å². The van der Waals surface area contributed by atoms with Crippen LogP contribution in [0.4, 0.5) is 0 Å². The van der Waals surface area contributed by atoms with Gasteiger partial charge in [-0.3, -0.25) is 10.1 Å². The molecule has 72 valence electrons. The van der Waals surface area contributed by atoms with Crippen molar-refractivity contribution < 1.29 is 9.53 Å². The predicted molar refractivity (Wildman–Crippen MR) is 46.6 cm³/mol. The summed E-state index contributed by atoms with van der Waals surface area (Å²) < 4.78 is 4.67. The third-order valence-electron chi connectivity index (χ3n) is 2.39. The highest BCUT2D eigenvalue weighted by Gasteiger charge is 2.28. The van der Waals surface area contributed by atoms with E-state index in [9.17, 15) is 4.79 Å². The standard InChI is InChI=1S/C8H13N3O2/c1-13-8(12)6-2-5-7(3-9-6)11-4-10-5/h6,9-11H,2-4H2,1H3/t6-/m1/s1. The topological polar surface area (TPSA) is 62.4 Å². The maximum absolute atomic E-state index is 11.2. The number of carbonyl (C=O) groups is 1. The first-order valence-electron chi connectivity index (χ1n) is 4.32. The molecule has 0 radical (unpaired) electrons. The summed E-state index contributed by atoms with van der Waals surface area (Å²) in [5.74, 6) is -0.194. The molecule has 0 fully saturated rings. The van der Waals surface area contributed by atoms with Crippen LogP contribution in [0.1, 0.15) is 6.42 Å². The second-order valence-corrected chi connectivity index (χ2v) is 3.15.